The van der Waals surface area contributed by atoms with E-state index in [9.17, 15) is 8.42 Å². The number of nitrogens with zero attached hydrogens (tertiary/aromatic N) is 1. The molecule has 1 atom stereocenters. The van der Waals surface area contributed by atoms with Crippen LogP contribution in [0.1, 0.15) is 19.3 Å². The summed E-state index contributed by atoms with van der Waals surface area (Å²) < 4.78 is 31.7. The number of rotatable bonds is 5. The van der Waals surface area contributed by atoms with E-state index in [0.717, 1.165) is 19.4 Å². The Hall–Kier alpha value is -1.18. The van der Waals surface area contributed by atoms with Crippen LogP contribution in [0.15, 0.2) is 23.2 Å². The highest BCUT2D eigenvalue weighted by Gasteiger charge is 2.18. The Morgan fingerprint density at radius 2 is 2.33 bits per heavy atom. The number of anilines is 1. The van der Waals surface area contributed by atoms with E-state index in [1.54, 1.807) is 0 Å². The molecule has 2 heterocycles. The largest absolute Gasteiger partial charge is 0.384 e. The third-order valence-electron chi connectivity index (χ3n) is 2.85. The van der Waals surface area contributed by atoms with Crippen LogP contribution in [-0.4, -0.2) is 32.7 Å². The van der Waals surface area contributed by atoms with Crippen molar-refractivity contribution >= 4 is 15.8 Å². The molecule has 1 fully saturated rings. The molecular formula is C11H17N3O3S. The maximum absolute atomic E-state index is 11.9. The van der Waals surface area contributed by atoms with E-state index in [4.69, 9.17) is 10.5 Å². The van der Waals surface area contributed by atoms with Gasteiger partial charge in [0.2, 0.25) is 10.0 Å². The number of aromatic nitrogens is 1. The minimum absolute atomic E-state index is 0.129. The Bertz CT molecular complexity index is 481. The van der Waals surface area contributed by atoms with Crippen LogP contribution in [0.4, 0.5) is 5.82 Å². The van der Waals surface area contributed by atoms with Gasteiger partial charge in [0.15, 0.2) is 0 Å². The van der Waals surface area contributed by atoms with Crippen molar-refractivity contribution in [1.29, 1.82) is 0 Å². The van der Waals surface area contributed by atoms with Gasteiger partial charge in [0.1, 0.15) is 10.7 Å². The minimum atomic E-state index is -3.49. The fourth-order valence-corrected chi connectivity index (χ4v) is 2.85. The van der Waals surface area contributed by atoms with E-state index in [2.05, 4.69) is 9.71 Å². The zero-order valence-electron chi connectivity index (χ0n) is 10.0. The molecule has 0 radical (unpaired) electrons. The van der Waals surface area contributed by atoms with Gasteiger partial charge in [0, 0.05) is 19.3 Å². The van der Waals surface area contributed by atoms with E-state index >= 15 is 0 Å². The van der Waals surface area contributed by atoms with E-state index in [0.29, 0.717) is 18.8 Å². The van der Waals surface area contributed by atoms with Gasteiger partial charge < -0.3 is 10.5 Å². The van der Waals surface area contributed by atoms with Crippen LogP contribution in [0.3, 0.4) is 0 Å². The number of ether oxygens (including phenoxy) is 1. The minimum Gasteiger partial charge on any atom is -0.384 e. The van der Waals surface area contributed by atoms with Gasteiger partial charge in [-0.05, 0) is 31.4 Å². The number of nitrogens with one attached hydrogen (secondary N) is 1. The Labute approximate surface area is 107 Å². The Morgan fingerprint density at radius 3 is 2.94 bits per heavy atom. The van der Waals surface area contributed by atoms with Gasteiger partial charge in [-0.3, -0.25) is 0 Å². The van der Waals surface area contributed by atoms with Gasteiger partial charge in [0.05, 0.1) is 6.10 Å². The number of hydrogen-bond acceptors (Lipinski definition) is 5. The summed E-state index contributed by atoms with van der Waals surface area (Å²) >= 11 is 0. The predicted molar refractivity (Wildman–Crippen MR) is 67.4 cm³/mol. The lowest BCUT2D eigenvalue weighted by Crippen LogP contribution is -2.27. The fraction of sp³-hybridized carbons (Fsp3) is 0.545. The monoisotopic (exact) mass is 271 g/mol. The van der Waals surface area contributed by atoms with Crippen LogP contribution < -0.4 is 10.5 Å². The lowest BCUT2D eigenvalue weighted by atomic mass is 10.2. The lowest BCUT2D eigenvalue weighted by molar-refractivity contribution is 0.105. The van der Waals surface area contributed by atoms with Crippen molar-refractivity contribution in [3.05, 3.63) is 18.3 Å². The normalized spacial score (nSPS) is 20.1. The van der Waals surface area contributed by atoms with Gasteiger partial charge in [-0.1, -0.05) is 0 Å². The second kappa shape index (κ2) is 5.64. The number of pyridine rings is 1. The summed E-state index contributed by atoms with van der Waals surface area (Å²) in [5.74, 6) is 0.299. The van der Waals surface area contributed by atoms with E-state index < -0.39 is 10.0 Å². The summed E-state index contributed by atoms with van der Waals surface area (Å²) in [5, 5.41) is 0. The molecule has 1 saturated heterocycles. The average molecular weight is 271 g/mol. The third kappa shape index (κ3) is 3.41. The Morgan fingerprint density at radius 1 is 1.50 bits per heavy atom. The molecule has 3 N–H and O–H groups in total. The fourth-order valence-electron chi connectivity index (χ4n) is 1.86. The summed E-state index contributed by atoms with van der Waals surface area (Å²) in [5.41, 5.74) is 5.41. The molecule has 0 spiro atoms. The summed E-state index contributed by atoms with van der Waals surface area (Å²) in [7, 11) is -3.49. The highest BCUT2D eigenvalue weighted by atomic mass is 32.2. The topological polar surface area (TPSA) is 94.3 Å². The SMILES string of the molecule is Nc1ccc(S(=O)(=O)NCCC2CCCO2)cn1. The van der Waals surface area contributed by atoms with Crippen molar-refractivity contribution < 1.29 is 13.2 Å². The molecule has 0 amide bonds. The first-order valence-corrected chi connectivity index (χ1v) is 7.39. The van der Waals surface area contributed by atoms with Crippen molar-refractivity contribution in [2.75, 3.05) is 18.9 Å². The van der Waals surface area contributed by atoms with Crippen LogP contribution in [0.25, 0.3) is 0 Å². The van der Waals surface area contributed by atoms with Crippen molar-refractivity contribution in [1.82, 2.24) is 9.71 Å². The maximum atomic E-state index is 11.9. The molecular weight excluding hydrogens is 254 g/mol. The maximum Gasteiger partial charge on any atom is 0.242 e. The number of hydrogen-bond donors (Lipinski definition) is 2. The summed E-state index contributed by atoms with van der Waals surface area (Å²) in [6, 6.07) is 2.91. The molecule has 1 unspecified atom stereocenters. The highest BCUT2D eigenvalue weighted by molar-refractivity contribution is 7.89. The highest BCUT2D eigenvalue weighted by Crippen LogP contribution is 2.15. The molecule has 6 nitrogen and oxygen atoms in total. The molecule has 1 aliphatic heterocycles. The molecule has 2 rings (SSSR count). The molecule has 1 aliphatic rings. The standard InChI is InChI=1S/C11H17N3O3S/c12-11-4-3-10(8-13-11)18(15,16)14-6-5-9-2-1-7-17-9/h3-4,8-9,14H,1-2,5-7H2,(H2,12,13). The van der Waals surface area contributed by atoms with E-state index in [1.165, 1.54) is 18.3 Å². The van der Waals surface area contributed by atoms with Crippen LogP contribution >= 0.6 is 0 Å². The van der Waals surface area contributed by atoms with E-state index in [-0.39, 0.29) is 11.0 Å². The lowest BCUT2D eigenvalue weighted by Gasteiger charge is -2.10. The molecule has 100 valence electrons. The average Bonchev–Trinajstić information content (AvgIpc) is 2.82. The molecule has 7 heteroatoms. The predicted octanol–water partition coefficient (Wildman–Crippen LogP) is 0.511. The zero-order chi connectivity index (χ0) is 13.0. The molecule has 18 heavy (non-hydrogen) atoms. The van der Waals surface area contributed by atoms with Crippen LogP contribution in [0.2, 0.25) is 0 Å². The summed E-state index contributed by atoms with van der Waals surface area (Å²) in [6.45, 7) is 1.15. The van der Waals surface area contributed by atoms with Crippen molar-refractivity contribution in [3.8, 4) is 0 Å². The molecule has 0 saturated carbocycles. The van der Waals surface area contributed by atoms with Crippen LogP contribution in [0, 0.1) is 0 Å². The van der Waals surface area contributed by atoms with Crippen LogP contribution in [-0.2, 0) is 14.8 Å². The quantitative estimate of drug-likeness (QED) is 0.813. The van der Waals surface area contributed by atoms with Crippen LogP contribution in [0.5, 0.6) is 0 Å². The molecule has 1 aromatic rings. The number of sulfonamides is 1. The van der Waals surface area contributed by atoms with E-state index in [1.807, 2.05) is 0 Å². The van der Waals surface area contributed by atoms with Crippen molar-refractivity contribution in [2.45, 2.75) is 30.3 Å². The van der Waals surface area contributed by atoms with Gasteiger partial charge in [0.25, 0.3) is 0 Å². The number of nitrogen functional groups attached to an aromatic ring is 1. The smallest absolute Gasteiger partial charge is 0.242 e. The molecule has 1 aromatic heterocycles. The van der Waals surface area contributed by atoms with Crippen molar-refractivity contribution in [2.24, 2.45) is 0 Å². The number of nitrogens with two attached hydrogens (primary N) is 1. The summed E-state index contributed by atoms with van der Waals surface area (Å²) in [4.78, 5) is 3.89. The van der Waals surface area contributed by atoms with Gasteiger partial charge in [-0.2, -0.15) is 0 Å². The zero-order valence-corrected chi connectivity index (χ0v) is 10.8. The third-order valence-corrected chi connectivity index (χ3v) is 4.30. The van der Waals surface area contributed by atoms with Gasteiger partial charge in [-0.15, -0.1) is 0 Å². The first-order valence-electron chi connectivity index (χ1n) is 5.91. The second-order valence-corrected chi connectivity index (χ2v) is 6.01. The first-order chi connectivity index (χ1) is 8.58. The molecule has 0 aliphatic carbocycles. The Kier molecular flexibility index (Phi) is 4.15. The first kappa shape index (κ1) is 13.3. The molecule has 0 bridgehead atoms. The summed E-state index contributed by atoms with van der Waals surface area (Å²) in [6.07, 6.45) is 4.19. The van der Waals surface area contributed by atoms with Crippen molar-refractivity contribution in [3.63, 3.8) is 0 Å². The van der Waals surface area contributed by atoms with Gasteiger partial charge in [-0.25, -0.2) is 18.1 Å². The Balaban J connectivity index is 1.88. The molecule has 0 aromatic carbocycles. The second-order valence-electron chi connectivity index (χ2n) is 4.24. The van der Waals surface area contributed by atoms with Gasteiger partial charge >= 0.3 is 0 Å².